The molecule has 1 aromatic heterocycles. The van der Waals surface area contributed by atoms with Crippen molar-refractivity contribution in [3.63, 3.8) is 0 Å². The zero-order chi connectivity index (χ0) is 14.5. The third kappa shape index (κ3) is 3.42. The van der Waals surface area contributed by atoms with Crippen molar-refractivity contribution in [2.24, 2.45) is 0 Å². The molecule has 0 fully saturated rings. The predicted octanol–water partition coefficient (Wildman–Crippen LogP) is 2.10. The van der Waals surface area contributed by atoms with Gasteiger partial charge in [0.15, 0.2) is 0 Å². The smallest absolute Gasteiger partial charge is 0.354 e. The largest absolute Gasteiger partial charge is 0.497 e. The summed E-state index contributed by atoms with van der Waals surface area (Å²) in [5.41, 5.74) is 0.817. The minimum absolute atomic E-state index is 0.0628. The van der Waals surface area contributed by atoms with Crippen LogP contribution in [-0.4, -0.2) is 27.4 Å². The maximum atomic E-state index is 12.2. The molecule has 1 N–H and O–H groups in total. The molecule has 2 rings (SSSR count). The first-order chi connectivity index (χ1) is 9.60. The van der Waals surface area contributed by atoms with Crippen LogP contribution in [0, 0.1) is 0 Å². The zero-order valence-electron chi connectivity index (χ0n) is 10.8. The molecular formula is C14H13NO4S. The van der Waals surface area contributed by atoms with Crippen LogP contribution in [0.25, 0.3) is 0 Å². The quantitative estimate of drug-likeness (QED) is 0.913. The van der Waals surface area contributed by atoms with Crippen molar-refractivity contribution in [3.05, 3.63) is 53.9 Å². The lowest BCUT2D eigenvalue weighted by atomic mass is 10.2. The predicted molar refractivity (Wildman–Crippen MR) is 74.3 cm³/mol. The molecule has 0 radical (unpaired) electrons. The molecule has 0 amide bonds. The van der Waals surface area contributed by atoms with Crippen LogP contribution in [-0.2, 0) is 16.6 Å². The minimum Gasteiger partial charge on any atom is -0.497 e. The summed E-state index contributed by atoms with van der Waals surface area (Å²) in [5, 5.41) is 8.75. The summed E-state index contributed by atoms with van der Waals surface area (Å²) in [7, 11) is 0.297. The van der Waals surface area contributed by atoms with Crippen molar-refractivity contribution in [1.29, 1.82) is 0 Å². The van der Waals surface area contributed by atoms with Gasteiger partial charge in [0.05, 0.1) is 28.6 Å². The summed E-state index contributed by atoms with van der Waals surface area (Å²) >= 11 is 0. The first-order valence-corrected chi connectivity index (χ1v) is 7.12. The molecule has 0 aliphatic carbocycles. The van der Waals surface area contributed by atoms with Crippen LogP contribution in [0.1, 0.15) is 16.1 Å². The number of hydrogen-bond acceptors (Lipinski definition) is 4. The van der Waals surface area contributed by atoms with E-state index in [0.29, 0.717) is 16.4 Å². The lowest BCUT2D eigenvalue weighted by molar-refractivity contribution is 0.0690. The minimum atomic E-state index is -1.28. The third-order valence-electron chi connectivity index (χ3n) is 2.65. The Morgan fingerprint density at radius 2 is 2.15 bits per heavy atom. The highest BCUT2D eigenvalue weighted by atomic mass is 32.2. The van der Waals surface area contributed by atoms with E-state index in [1.807, 2.05) is 24.3 Å². The van der Waals surface area contributed by atoms with Crippen molar-refractivity contribution in [2.45, 2.75) is 10.6 Å². The summed E-state index contributed by atoms with van der Waals surface area (Å²) < 4.78 is 17.3. The molecule has 1 aromatic carbocycles. The molecule has 2 aromatic rings. The SMILES string of the molecule is COc1cccc(C[S@@](=O)c2ccc(C(=O)O)nc2)c1. The van der Waals surface area contributed by atoms with Gasteiger partial charge >= 0.3 is 5.97 Å². The monoisotopic (exact) mass is 291 g/mol. The molecule has 0 saturated heterocycles. The highest BCUT2D eigenvalue weighted by Gasteiger charge is 2.09. The summed E-state index contributed by atoms with van der Waals surface area (Å²) in [5.74, 6) is -0.0698. The van der Waals surface area contributed by atoms with Gasteiger partial charge < -0.3 is 9.84 Å². The van der Waals surface area contributed by atoms with Crippen LogP contribution in [0.4, 0.5) is 0 Å². The van der Waals surface area contributed by atoms with E-state index < -0.39 is 16.8 Å². The van der Waals surface area contributed by atoms with Crippen molar-refractivity contribution in [2.75, 3.05) is 7.11 Å². The molecule has 104 valence electrons. The molecule has 6 heteroatoms. The number of carboxylic acids is 1. The van der Waals surface area contributed by atoms with Gasteiger partial charge in [0.25, 0.3) is 0 Å². The molecule has 0 unspecified atom stereocenters. The molecule has 1 atom stereocenters. The second-order valence-corrected chi connectivity index (χ2v) is 5.48. The highest BCUT2D eigenvalue weighted by Crippen LogP contribution is 2.17. The molecule has 1 heterocycles. The van der Waals surface area contributed by atoms with Gasteiger partial charge in [-0.2, -0.15) is 0 Å². The standard InChI is InChI=1S/C14H13NO4S/c1-19-11-4-2-3-10(7-11)9-20(18)12-5-6-13(14(16)17)15-8-12/h2-8H,9H2,1H3,(H,16,17)/t20-/m1/s1. The van der Waals surface area contributed by atoms with Crippen LogP contribution in [0.3, 0.4) is 0 Å². The number of aromatic carboxylic acids is 1. The van der Waals surface area contributed by atoms with E-state index in [2.05, 4.69) is 4.98 Å². The van der Waals surface area contributed by atoms with E-state index >= 15 is 0 Å². The van der Waals surface area contributed by atoms with Gasteiger partial charge in [0.2, 0.25) is 0 Å². The van der Waals surface area contributed by atoms with Gasteiger partial charge in [-0.25, -0.2) is 9.78 Å². The molecule has 0 spiro atoms. The van der Waals surface area contributed by atoms with Crippen LogP contribution in [0.15, 0.2) is 47.5 Å². The fraction of sp³-hybridized carbons (Fsp3) is 0.143. The summed E-state index contributed by atoms with van der Waals surface area (Å²) in [4.78, 5) is 14.9. The van der Waals surface area contributed by atoms with Gasteiger partial charge in [-0.05, 0) is 29.8 Å². The van der Waals surface area contributed by atoms with Gasteiger partial charge in [0, 0.05) is 6.20 Å². The van der Waals surface area contributed by atoms with Crippen LogP contribution < -0.4 is 4.74 Å². The Bertz CT molecular complexity index is 640. The fourth-order valence-corrected chi connectivity index (χ4v) is 2.68. The van der Waals surface area contributed by atoms with E-state index in [0.717, 1.165) is 5.56 Å². The molecule has 5 nitrogen and oxygen atoms in total. The number of benzene rings is 1. The number of aromatic nitrogens is 1. The topological polar surface area (TPSA) is 76.5 Å². The third-order valence-corrected chi connectivity index (χ3v) is 4.01. The van der Waals surface area contributed by atoms with E-state index in [1.54, 1.807) is 7.11 Å². The first kappa shape index (κ1) is 14.2. The molecule has 0 aliphatic heterocycles. The Kier molecular flexibility index (Phi) is 4.47. The number of methoxy groups -OCH3 is 1. The van der Waals surface area contributed by atoms with E-state index in [9.17, 15) is 9.00 Å². The summed E-state index contributed by atoms with van der Waals surface area (Å²) in [6.45, 7) is 0. The van der Waals surface area contributed by atoms with Crippen molar-refractivity contribution >= 4 is 16.8 Å². The second kappa shape index (κ2) is 6.29. The second-order valence-electron chi connectivity index (χ2n) is 4.03. The normalized spacial score (nSPS) is 11.8. The molecule has 0 bridgehead atoms. The van der Waals surface area contributed by atoms with Crippen LogP contribution in [0.5, 0.6) is 5.75 Å². The Labute approximate surface area is 118 Å². The van der Waals surface area contributed by atoms with Gasteiger partial charge in [-0.3, -0.25) is 4.21 Å². The lowest BCUT2D eigenvalue weighted by Gasteiger charge is -2.05. The van der Waals surface area contributed by atoms with Crippen LogP contribution >= 0.6 is 0 Å². The molecular weight excluding hydrogens is 278 g/mol. The summed E-state index contributed by atoms with van der Waals surface area (Å²) in [6.07, 6.45) is 1.33. The van der Waals surface area contributed by atoms with Crippen molar-refractivity contribution in [1.82, 2.24) is 4.98 Å². The number of pyridine rings is 1. The Morgan fingerprint density at radius 3 is 2.75 bits per heavy atom. The maximum absolute atomic E-state index is 12.2. The maximum Gasteiger partial charge on any atom is 0.354 e. The lowest BCUT2D eigenvalue weighted by Crippen LogP contribution is -2.02. The number of carbonyl (C=O) groups is 1. The molecule has 0 saturated carbocycles. The Hall–Kier alpha value is -2.21. The summed E-state index contributed by atoms with van der Waals surface area (Å²) in [6, 6.07) is 10.2. The van der Waals surface area contributed by atoms with Crippen molar-refractivity contribution < 1.29 is 18.8 Å². The Morgan fingerprint density at radius 1 is 1.35 bits per heavy atom. The van der Waals surface area contributed by atoms with Crippen LogP contribution in [0.2, 0.25) is 0 Å². The van der Waals surface area contributed by atoms with E-state index in [1.165, 1.54) is 18.3 Å². The number of carboxylic acid groups (broad SMARTS) is 1. The molecule has 20 heavy (non-hydrogen) atoms. The fourth-order valence-electron chi connectivity index (χ4n) is 1.64. The molecule has 0 aliphatic rings. The van der Waals surface area contributed by atoms with Crippen molar-refractivity contribution in [3.8, 4) is 5.75 Å². The zero-order valence-corrected chi connectivity index (χ0v) is 11.6. The number of ether oxygens (including phenoxy) is 1. The number of rotatable bonds is 5. The van der Waals surface area contributed by atoms with E-state index in [-0.39, 0.29) is 5.69 Å². The highest BCUT2D eigenvalue weighted by molar-refractivity contribution is 7.84. The average molecular weight is 291 g/mol. The number of nitrogens with zero attached hydrogens (tertiary/aromatic N) is 1. The van der Waals surface area contributed by atoms with E-state index in [4.69, 9.17) is 9.84 Å². The van der Waals surface area contributed by atoms with Gasteiger partial charge in [-0.1, -0.05) is 12.1 Å². The average Bonchev–Trinajstić information content (AvgIpc) is 2.47. The number of hydrogen-bond donors (Lipinski definition) is 1. The Balaban J connectivity index is 2.13. The van der Waals surface area contributed by atoms with Gasteiger partial charge in [0.1, 0.15) is 11.4 Å². The van der Waals surface area contributed by atoms with Gasteiger partial charge in [-0.15, -0.1) is 0 Å². The first-order valence-electron chi connectivity index (χ1n) is 5.81.